The Bertz CT molecular complexity index is 869. The second-order valence-electron chi connectivity index (χ2n) is 6.06. The molecule has 1 aliphatic rings. The molecule has 24 heavy (non-hydrogen) atoms. The molecule has 0 fully saturated rings. The maximum absolute atomic E-state index is 12.8. The Morgan fingerprint density at radius 1 is 1.38 bits per heavy atom. The van der Waals surface area contributed by atoms with Crippen LogP contribution in [0.1, 0.15) is 33.7 Å². The van der Waals surface area contributed by atoms with Gasteiger partial charge in [0.25, 0.3) is 5.91 Å². The van der Waals surface area contributed by atoms with Gasteiger partial charge < -0.3 is 4.90 Å². The van der Waals surface area contributed by atoms with E-state index in [1.165, 1.54) is 17.7 Å². The standard InChI is InChI=1S/C18H18N4OS/c1-22(11-16-14-6-3-7-15(14)20-21-16)18(23)13-5-2-4-12(10-13)17-19-8-9-24-17/h2,4-5,8-10H,3,6-7,11H2,1H3,(H,20,21). The van der Waals surface area contributed by atoms with Gasteiger partial charge in [0, 0.05) is 35.4 Å². The summed E-state index contributed by atoms with van der Waals surface area (Å²) in [6, 6.07) is 7.65. The summed E-state index contributed by atoms with van der Waals surface area (Å²) in [6.07, 6.45) is 5.07. The summed E-state index contributed by atoms with van der Waals surface area (Å²) in [5, 5.41) is 10.4. The number of rotatable bonds is 4. The second-order valence-corrected chi connectivity index (χ2v) is 6.95. The summed E-state index contributed by atoms with van der Waals surface area (Å²) in [7, 11) is 1.83. The van der Waals surface area contributed by atoms with Crippen LogP contribution in [0.5, 0.6) is 0 Å². The van der Waals surface area contributed by atoms with Gasteiger partial charge in [0.15, 0.2) is 0 Å². The zero-order chi connectivity index (χ0) is 16.5. The molecule has 1 aliphatic carbocycles. The third kappa shape index (κ3) is 2.73. The van der Waals surface area contributed by atoms with Crippen LogP contribution < -0.4 is 0 Å². The van der Waals surface area contributed by atoms with Crippen LogP contribution in [0.4, 0.5) is 0 Å². The molecule has 0 aliphatic heterocycles. The highest BCUT2D eigenvalue weighted by Gasteiger charge is 2.21. The zero-order valence-corrected chi connectivity index (χ0v) is 14.3. The molecule has 0 saturated heterocycles. The maximum Gasteiger partial charge on any atom is 0.253 e. The van der Waals surface area contributed by atoms with Crippen LogP contribution in [0.25, 0.3) is 10.6 Å². The number of H-pyrrole nitrogens is 1. The van der Waals surface area contributed by atoms with E-state index >= 15 is 0 Å². The van der Waals surface area contributed by atoms with Gasteiger partial charge in [-0.05, 0) is 37.0 Å². The molecule has 0 radical (unpaired) electrons. The fraction of sp³-hybridized carbons (Fsp3) is 0.278. The average molecular weight is 338 g/mol. The number of aromatic nitrogens is 3. The van der Waals surface area contributed by atoms with Crippen molar-refractivity contribution in [2.24, 2.45) is 0 Å². The van der Waals surface area contributed by atoms with Crippen molar-refractivity contribution in [3.05, 3.63) is 58.4 Å². The van der Waals surface area contributed by atoms with Crippen molar-refractivity contribution in [3.8, 4) is 10.6 Å². The van der Waals surface area contributed by atoms with Crippen molar-refractivity contribution in [1.82, 2.24) is 20.1 Å². The molecule has 5 nitrogen and oxygen atoms in total. The molecule has 0 atom stereocenters. The number of hydrogen-bond acceptors (Lipinski definition) is 4. The second kappa shape index (κ2) is 6.20. The van der Waals surface area contributed by atoms with Gasteiger partial charge >= 0.3 is 0 Å². The smallest absolute Gasteiger partial charge is 0.253 e. The average Bonchev–Trinajstić information content (AvgIpc) is 3.34. The van der Waals surface area contributed by atoms with Gasteiger partial charge in [-0.25, -0.2) is 4.98 Å². The third-order valence-electron chi connectivity index (χ3n) is 4.41. The maximum atomic E-state index is 12.8. The summed E-state index contributed by atoms with van der Waals surface area (Å²) in [5.41, 5.74) is 5.18. The molecule has 0 spiro atoms. The summed E-state index contributed by atoms with van der Waals surface area (Å²) in [4.78, 5) is 18.8. The van der Waals surface area contributed by atoms with E-state index in [1.54, 1.807) is 22.4 Å². The molecule has 1 amide bonds. The Hall–Kier alpha value is -2.47. The Morgan fingerprint density at radius 2 is 2.29 bits per heavy atom. The lowest BCUT2D eigenvalue weighted by Gasteiger charge is -2.17. The highest BCUT2D eigenvalue weighted by molar-refractivity contribution is 7.13. The van der Waals surface area contributed by atoms with Crippen molar-refractivity contribution < 1.29 is 4.79 Å². The predicted molar refractivity (Wildman–Crippen MR) is 94.0 cm³/mol. The fourth-order valence-corrected chi connectivity index (χ4v) is 3.82. The zero-order valence-electron chi connectivity index (χ0n) is 13.5. The SMILES string of the molecule is CN(Cc1n[nH]c2c1CCC2)C(=O)c1cccc(-c2nccs2)c1. The first-order chi connectivity index (χ1) is 11.7. The number of aryl methyl sites for hydroxylation is 1. The molecule has 0 bridgehead atoms. The minimum absolute atomic E-state index is 0.00292. The van der Waals surface area contributed by atoms with Crippen LogP contribution in [0.15, 0.2) is 35.8 Å². The van der Waals surface area contributed by atoms with E-state index in [2.05, 4.69) is 15.2 Å². The molecule has 6 heteroatoms. The fourth-order valence-electron chi connectivity index (χ4n) is 3.19. The normalized spacial score (nSPS) is 13.0. The highest BCUT2D eigenvalue weighted by atomic mass is 32.1. The largest absolute Gasteiger partial charge is 0.336 e. The van der Waals surface area contributed by atoms with Gasteiger partial charge in [-0.2, -0.15) is 5.10 Å². The number of carbonyl (C=O) groups excluding carboxylic acids is 1. The number of carbonyl (C=O) groups is 1. The lowest BCUT2D eigenvalue weighted by Crippen LogP contribution is -2.26. The minimum atomic E-state index is 0.00292. The first-order valence-electron chi connectivity index (χ1n) is 8.03. The Balaban J connectivity index is 1.53. The number of amides is 1. The Labute approximate surface area is 144 Å². The molecule has 2 aromatic heterocycles. The first kappa shape index (κ1) is 15.1. The molecule has 3 aromatic rings. The van der Waals surface area contributed by atoms with E-state index < -0.39 is 0 Å². The number of thiazole rings is 1. The van der Waals surface area contributed by atoms with Crippen LogP contribution >= 0.6 is 11.3 Å². The van der Waals surface area contributed by atoms with Crippen LogP contribution in [0.3, 0.4) is 0 Å². The number of hydrogen-bond donors (Lipinski definition) is 1. The molecule has 1 N–H and O–H groups in total. The summed E-state index contributed by atoms with van der Waals surface area (Å²) in [5.74, 6) is 0.00292. The van der Waals surface area contributed by atoms with E-state index in [1.807, 2.05) is 36.7 Å². The molecule has 2 heterocycles. The van der Waals surface area contributed by atoms with E-state index in [9.17, 15) is 4.79 Å². The van der Waals surface area contributed by atoms with Crippen LogP contribution in [-0.4, -0.2) is 33.0 Å². The van der Waals surface area contributed by atoms with Crippen LogP contribution in [0, 0.1) is 0 Å². The molecule has 4 rings (SSSR count). The third-order valence-corrected chi connectivity index (χ3v) is 5.24. The van der Waals surface area contributed by atoms with E-state index in [4.69, 9.17) is 0 Å². The van der Waals surface area contributed by atoms with Gasteiger partial charge in [-0.1, -0.05) is 12.1 Å². The summed E-state index contributed by atoms with van der Waals surface area (Å²) < 4.78 is 0. The monoisotopic (exact) mass is 338 g/mol. The lowest BCUT2D eigenvalue weighted by molar-refractivity contribution is 0.0783. The molecular formula is C18H18N4OS. The van der Waals surface area contributed by atoms with E-state index in [0.29, 0.717) is 12.1 Å². The predicted octanol–water partition coefficient (Wildman–Crippen LogP) is 3.29. The molecule has 0 saturated carbocycles. The lowest BCUT2D eigenvalue weighted by atomic mass is 10.1. The van der Waals surface area contributed by atoms with Crippen molar-refractivity contribution >= 4 is 17.2 Å². The van der Waals surface area contributed by atoms with Gasteiger partial charge in [0.1, 0.15) is 5.01 Å². The topological polar surface area (TPSA) is 61.9 Å². The van der Waals surface area contributed by atoms with Crippen molar-refractivity contribution in [2.45, 2.75) is 25.8 Å². The first-order valence-corrected chi connectivity index (χ1v) is 8.91. The molecule has 122 valence electrons. The summed E-state index contributed by atoms with van der Waals surface area (Å²) >= 11 is 1.57. The van der Waals surface area contributed by atoms with Gasteiger partial charge in [0.2, 0.25) is 0 Å². The van der Waals surface area contributed by atoms with Gasteiger partial charge in [-0.3, -0.25) is 9.89 Å². The number of nitrogens with one attached hydrogen (secondary N) is 1. The van der Waals surface area contributed by atoms with E-state index in [0.717, 1.165) is 29.1 Å². The number of fused-ring (bicyclic) bond motifs is 1. The molecular weight excluding hydrogens is 320 g/mol. The Morgan fingerprint density at radius 3 is 3.12 bits per heavy atom. The number of aromatic amines is 1. The van der Waals surface area contributed by atoms with E-state index in [-0.39, 0.29) is 5.91 Å². The minimum Gasteiger partial charge on any atom is -0.336 e. The van der Waals surface area contributed by atoms with Crippen molar-refractivity contribution in [1.29, 1.82) is 0 Å². The van der Waals surface area contributed by atoms with Crippen LogP contribution in [0.2, 0.25) is 0 Å². The summed E-state index contributed by atoms with van der Waals surface area (Å²) in [6.45, 7) is 0.534. The Kier molecular flexibility index (Phi) is 3.90. The molecule has 1 aromatic carbocycles. The highest BCUT2D eigenvalue weighted by Crippen LogP contribution is 2.25. The number of benzene rings is 1. The molecule has 0 unspecified atom stereocenters. The van der Waals surface area contributed by atoms with Crippen molar-refractivity contribution in [2.75, 3.05) is 7.05 Å². The quantitative estimate of drug-likeness (QED) is 0.794. The van der Waals surface area contributed by atoms with Gasteiger partial charge in [0.05, 0.1) is 12.2 Å². The van der Waals surface area contributed by atoms with Crippen LogP contribution in [-0.2, 0) is 19.4 Å². The van der Waals surface area contributed by atoms with Gasteiger partial charge in [-0.15, -0.1) is 11.3 Å². The van der Waals surface area contributed by atoms with Crippen molar-refractivity contribution in [3.63, 3.8) is 0 Å². The number of nitrogens with zero attached hydrogens (tertiary/aromatic N) is 3.